The number of nitrogens with zero attached hydrogens (tertiary/aromatic N) is 1. The highest BCUT2D eigenvalue weighted by atomic mass is 127. The Morgan fingerprint density at radius 2 is 2.17 bits per heavy atom. The van der Waals surface area contributed by atoms with Gasteiger partial charge in [-0.15, -0.1) is 0 Å². The van der Waals surface area contributed by atoms with Crippen LogP contribution in [0.3, 0.4) is 0 Å². The third kappa shape index (κ3) is 4.28. The van der Waals surface area contributed by atoms with Gasteiger partial charge in [-0.05, 0) is 35.4 Å². The highest BCUT2D eigenvalue weighted by molar-refractivity contribution is 14.1. The molecule has 0 spiro atoms. The fourth-order valence-corrected chi connectivity index (χ4v) is 1.66. The first-order valence-electron chi connectivity index (χ1n) is 5.69. The minimum Gasteiger partial charge on any atom is -0.358 e. The normalized spacial score (nSPS) is 12.3. The summed E-state index contributed by atoms with van der Waals surface area (Å²) in [5.41, 5.74) is -0.220. The quantitative estimate of drug-likeness (QED) is 0.679. The Labute approximate surface area is 119 Å². The van der Waals surface area contributed by atoms with Crippen molar-refractivity contribution in [3.05, 3.63) is 20.3 Å². The molecule has 0 fully saturated rings. The van der Waals surface area contributed by atoms with Crippen LogP contribution in [-0.4, -0.2) is 28.5 Å². The molecule has 1 aromatic rings. The average molecular weight is 364 g/mol. The predicted molar refractivity (Wildman–Crippen MR) is 78.5 cm³/mol. The summed E-state index contributed by atoms with van der Waals surface area (Å²) in [6.07, 6.45) is 1.31. The van der Waals surface area contributed by atoms with Crippen LogP contribution < -0.4 is 16.2 Å². The highest BCUT2D eigenvalue weighted by Crippen LogP contribution is 2.10. The second-order valence-corrected chi connectivity index (χ2v) is 5.48. The largest absolute Gasteiger partial charge is 0.358 e. The van der Waals surface area contributed by atoms with E-state index < -0.39 is 6.04 Å². The Hall–Kier alpha value is -1.12. The fourth-order valence-electron chi connectivity index (χ4n) is 1.21. The number of halogens is 1. The zero-order chi connectivity index (χ0) is 13.7. The van der Waals surface area contributed by atoms with Crippen molar-refractivity contribution in [2.24, 2.45) is 5.92 Å². The van der Waals surface area contributed by atoms with Crippen LogP contribution >= 0.6 is 22.6 Å². The molecule has 1 heterocycles. The molecular formula is C11H17IN4O2. The Morgan fingerprint density at radius 1 is 1.50 bits per heavy atom. The van der Waals surface area contributed by atoms with E-state index in [1.807, 2.05) is 36.4 Å². The topological polar surface area (TPSA) is 86.9 Å². The van der Waals surface area contributed by atoms with Crippen molar-refractivity contribution in [3.8, 4) is 0 Å². The Bertz CT molecular complexity index is 472. The molecule has 1 atom stereocenters. The molecule has 0 aliphatic carbocycles. The number of nitrogens with one attached hydrogen (secondary N) is 3. The summed E-state index contributed by atoms with van der Waals surface area (Å²) in [7, 11) is 0. The monoisotopic (exact) mass is 364 g/mol. The number of H-pyrrole nitrogens is 1. The van der Waals surface area contributed by atoms with E-state index in [1.165, 1.54) is 6.33 Å². The maximum absolute atomic E-state index is 11.8. The first-order valence-corrected chi connectivity index (χ1v) is 6.77. The number of aromatic amines is 1. The summed E-state index contributed by atoms with van der Waals surface area (Å²) in [6, 6.07) is -0.438. The Kier molecular flexibility index (Phi) is 5.57. The molecular weight excluding hydrogens is 347 g/mol. The maximum Gasteiger partial charge on any atom is 0.266 e. The minimum absolute atomic E-state index is 0.110. The number of rotatable bonds is 5. The second-order valence-electron chi connectivity index (χ2n) is 4.40. The van der Waals surface area contributed by atoms with Crippen molar-refractivity contribution in [2.45, 2.75) is 26.8 Å². The molecule has 0 bridgehead atoms. The van der Waals surface area contributed by atoms with Gasteiger partial charge in [0.2, 0.25) is 5.91 Å². The van der Waals surface area contributed by atoms with Crippen LogP contribution in [0.4, 0.5) is 5.82 Å². The summed E-state index contributed by atoms with van der Waals surface area (Å²) in [6.45, 7) is 6.42. The number of hydrogen-bond donors (Lipinski definition) is 3. The summed E-state index contributed by atoms with van der Waals surface area (Å²) < 4.78 is 0.443. The van der Waals surface area contributed by atoms with Crippen molar-refractivity contribution < 1.29 is 4.79 Å². The van der Waals surface area contributed by atoms with Gasteiger partial charge in [0.25, 0.3) is 5.56 Å². The van der Waals surface area contributed by atoms with Crippen molar-refractivity contribution in [1.82, 2.24) is 15.3 Å². The number of amides is 1. The van der Waals surface area contributed by atoms with Gasteiger partial charge in [0.05, 0.1) is 6.33 Å². The number of aromatic nitrogens is 2. The van der Waals surface area contributed by atoms with E-state index in [-0.39, 0.29) is 11.5 Å². The molecule has 0 saturated heterocycles. The van der Waals surface area contributed by atoms with Crippen LogP contribution in [-0.2, 0) is 4.79 Å². The summed E-state index contributed by atoms with van der Waals surface area (Å²) in [5, 5.41) is 5.74. The second kappa shape index (κ2) is 6.72. The smallest absolute Gasteiger partial charge is 0.266 e. The molecule has 0 radical (unpaired) electrons. The fraction of sp³-hybridized carbons (Fsp3) is 0.545. The number of carbonyl (C=O) groups excluding carboxylic acids is 1. The number of carbonyl (C=O) groups is 1. The lowest BCUT2D eigenvalue weighted by atomic mass is 10.2. The summed E-state index contributed by atoms with van der Waals surface area (Å²) >= 11 is 1.89. The van der Waals surface area contributed by atoms with Gasteiger partial charge in [0, 0.05) is 6.54 Å². The molecule has 3 N–H and O–H groups in total. The lowest BCUT2D eigenvalue weighted by Gasteiger charge is -2.16. The molecule has 1 amide bonds. The van der Waals surface area contributed by atoms with Crippen molar-refractivity contribution >= 4 is 34.3 Å². The lowest BCUT2D eigenvalue weighted by molar-refractivity contribution is -0.121. The molecule has 1 rings (SSSR count). The van der Waals surface area contributed by atoms with E-state index in [0.29, 0.717) is 21.9 Å². The van der Waals surface area contributed by atoms with E-state index >= 15 is 0 Å². The van der Waals surface area contributed by atoms with Gasteiger partial charge in [0.1, 0.15) is 15.4 Å². The van der Waals surface area contributed by atoms with E-state index in [0.717, 1.165) is 0 Å². The molecule has 7 heteroatoms. The molecule has 18 heavy (non-hydrogen) atoms. The van der Waals surface area contributed by atoms with Gasteiger partial charge in [-0.3, -0.25) is 9.59 Å². The SMILES string of the molecule is CC(C)CNC(=O)C(C)Nc1nc[nH]c(=O)c1I. The molecule has 0 aliphatic heterocycles. The number of hydrogen-bond acceptors (Lipinski definition) is 4. The first kappa shape index (κ1) is 14.9. The molecule has 0 aromatic carbocycles. The van der Waals surface area contributed by atoms with E-state index in [9.17, 15) is 9.59 Å². The van der Waals surface area contributed by atoms with Gasteiger partial charge >= 0.3 is 0 Å². The number of anilines is 1. The zero-order valence-corrected chi connectivity index (χ0v) is 12.7. The summed E-state index contributed by atoms with van der Waals surface area (Å²) in [4.78, 5) is 29.6. The van der Waals surface area contributed by atoms with Crippen LogP contribution in [0.15, 0.2) is 11.1 Å². The van der Waals surface area contributed by atoms with Crippen LogP contribution in [0.25, 0.3) is 0 Å². The molecule has 0 saturated carbocycles. The van der Waals surface area contributed by atoms with Gasteiger partial charge in [-0.2, -0.15) is 0 Å². The third-order valence-corrected chi connectivity index (χ3v) is 3.23. The van der Waals surface area contributed by atoms with Crippen LogP contribution in [0.1, 0.15) is 20.8 Å². The minimum atomic E-state index is -0.438. The van der Waals surface area contributed by atoms with E-state index in [1.54, 1.807) is 6.92 Å². The molecule has 0 aliphatic rings. The van der Waals surface area contributed by atoms with Crippen LogP contribution in [0.5, 0.6) is 0 Å². The van der Waals surface area contributed by atoms with Gasteiger partial charge in [0.15, 0.2) is 0 Å². The first-order chi connectivity index (χ1) is 8.41. The predicted octanol–water partition coefficient (Wildman–Crippen LogP) is 0.947. The van der Waals surface area contributed by atoms with Crippen LogP contribution in [0.2, 0.25) is 0 Å². The average Bonchev–Trinajstić information content (AvgIpc) is 2.31. The van der Waals surface area contributed by atoms with Crippen LogP contribution in [0, 0.1) is 9.49 Å². The molecule has 1 aromatic heterocycles. The van der Waals surface area contributed by atoms with Gasteiger partial charge in [-0.1, -0.05) is 13.8 Å². The molecule has 6 nitrogen and oxygen atoms in total. The Morgan fingerprint density at radius 3 is 2.78 bits per heavy atom. The molecule has 1 unspecified atom stereocenters. The van der Waals surface area contributed by atoms with Crippen molar-refractivity contribution in [2.75, 3.05) is 11.9 Å². The maximum atomic E-state index is 11.8. The standard InChI is InChI=1S/C11H17IN4O2/c1-6(2)4-13-10(17)7(3)16-9-8(12)11(18)15-5-14-9/h5-7H,4H2,1-3H3,(H,13,17)(H2,14,15,16,18). The Balaban J connectivity index is 2.64. The van der Waals surface area contributed by atoms with Crippen molar-refractivity contribution in [3.63, 3.8) is 0 Å². The van der Waals surface area contributed by atoms with Crippen molar-refractivity contribution in [1.29, 1.82) is 0 Å². The summed E-state index contributed by atoms with van der Waals surface area (Å²) in [5.74, 6) is 0.715. The molecule has 100 valence electrons. The highest BCUT2D eigenvalue weighted by Gasteiger charge is 2.15. The van der Waals surface area contributed by atoms with E-state index in [4.69, 9.17) is 0 Å². The van der Waals surface area contributed by atoms with Gasteiger partial charge < -0.3 is 15.6 Å². The van der Waals surface area contributed by atoms with E-state index in [2.05, 4.69) is 20.6 Å². The lowest BCUT2D eigenvalue weighted by Crippen LogP contribution is -2.39. The zero-order valence-electron chi connectivity index (χ0n) is 10.6. The van der Waals surface area contributed by atoms with Gasteiger partial charge in [-0.25, -0.2) is 4.98 Å². The third-order valence-electron chi connectivity index (χ3n) is 2.23.